The van der Waals surface area contributed by atoms with E-state index in [1.807, 2.05) is 12.1 Å². The van der Waals surface area contributed by atoms with Crippen molar-refractivity contribution in [1.29, 1.82) is 0 Å². The lowest BCUT2D eigenvalue weighted by Crippen LogP contribution is -2.18. The summed E-state index contributed by atoms with van der Waals surface area (Å²) >= 11 is 5.66. The van der Waals surface area contributed by atoms with E-state index in [0.29, 0.717) is 17.3 Å². The third kappa shape index (κ3) is 3.05. The molecule has 0 unspecified atom stereocenters. The van der Waals surface area contributed by atoms with Crippen LogP contribution in [0.15, 0.2) is 22.8 Å². The Labute approximate surface area is 134 Å². The van der Waals surface area contributed by atoms with Gasteiger partial charge in [0.05, 0.1) is 9.26 Å². The van der Waals surface area contributed by atoms with Gasteiger partial charge in [0.2, 0.25) is 0 Å². The smallest absolute Gasteiger partial charge is 0.181 e. The molecule has 0 radical (unpaired) electrons. The van der Waals surface area contributed by atoms with Crippen LogP contribution < -0.4 is 5.73 Å². The van der Waals surface area contributed by atoms with Crippen molar-refractivity contribution in [3.63, 3.8) is 0 Å². The highest BCUT2D eigenvalue weighted by molar-refractivity contribution is 14.1. The highest BCUT2D eigenvalue weighted by Gasteiger charge is 2.23. The predicted molar refractivity (Wildman–Crippen MR) is 88.8 cm³/mol. The zero-order valence-electron chi connectivity index (χ0n) is 10.9. The molecule has 2 N–H and O–H groups in total. The van der Waals surface area contributed by atoms with E-state index >= 15 is 0 Å². The summed E-state index contributed by atoms with van der Waals surface area (Å²) in [6.45, 7) is 6.32. The lowest BCUT2D eigenvalue weighted by Gasteiger charge is -2.20. The van der Waals surface area contributed by atoms with Gasteiger partial charge in [-0.3, -0.25) is 4.98 Å². The van der Waals surface area contributed by atoms with Crippen molar-refractivity contribution >= 4 is 44.3 Å². The molecule has 0 atom stereocenters. The van der Waals surface area contributed by atoms with Gasteiger partial charge in [-0.15, -0.1) is 0 Å². The van der Waals surface area contributed by atoms with Crippen LogP contribution in [0.3, 0.4) is 0 Å². The average molecular weight is 433 g/mol. The maximum atomic E-state index is 6.00. The van der Waals surface area contributed by atoms with E-state index < -0.39 is 0 Å². The molecule has 0 aliphatic carbocycles. The summed E-state index contributed by atoms with van der Waals surface area (Å²) in [4.78, 5) is 13.3. The zero-order chi connectivity index (χ0) is 14.2. The number of anilines is 1. The van der Waals surface area contributed by atoms with Crippen molar-refractivity contribution in [3.8, 4) is 11.5 Å². The van der Waals surface area contributed by atoms with Crippen LogP contribution in [0.5, 0.6) is 0 Å². The Morgan fingerprint density at radius 2 is 1.95 bits per heavy atom. The lowest BCUT2D eigenvalue weighted by molar-refractivity contribution is 0.564. The van der Waals surface area contributed by atoms with E-state index in [2.05, 4.69) is 74.2 Å². The maximum absolute atomic E-state index is 6.00. The van der Waals surface area contributed by atoms with Crippen molar-refractivity contribution in [3.05, 3.63) is 32.1 Å². The Kier molecular flexibility index (Phi) is 4.10. The number of hydrogen-bond donors (Lipinski definition) is 1. The molecule has 0 aliphatic heterocycles. The molecule has 19 heavy (non-hydrogen) atoms. The fraction of sp³-hybridized carbons (Fsp3) is 0.308. The van der Waals surface area contributed by atoms with Gasteiger partial charge in [0, 0.05) is 16.1 Å². The van der Waals surface area contributed by atoms with Crippen molar-refractivity contribution in [2.24, 2.45) is 0 Å². The summed E-state index contributed by atoms with van der Waals surface area (Å²) in [6.07, 6.45) is 1.72. The molecule has 0 aliphatic rings. The van der Waals surface area contributed by atoms with Gasteiger partial charge in [0.15, 0.2) is 5.82 Å². The first kappa shape index (κ1) is 14.6. The summed E-state index contributed by atoms with van der Waals surface area (Å²) in [5, 5.41) is 0. The molecule has 0 saturated heterocycles. The first-order chi connectivity index (χ1) is 8.80. The molecule has 0 spiro atoms. The number of hydrogen-bond acceptors (Lipinski definition) is 4. The Balaban J connectivity index is 2.68. The summed E-state index contributed by atoms with van der Waals surface area (Å²) in [7, 11) is 0. The summed E-state index contributed by atoms with van der Waals surface area (Å²) in [6, 6.07) is 3.77. The largest absolute Gasteiger partial charge is 0.383 e. The van der Waals surface area contributed by atoms with Gasteiger partial charge >= 0.3 is 0 Å². The molecular weight excluding hydrogens is 419 g/mol. The van der Waals surface area contributed by atoms with Crippen molar-refractivity contribution in [1.82, 2.24) is 15.0 Å². The molecule has 0 aromatic carbocycles. The lowest BCUT2D eigenvalue weighted by atomic mass is 9.92. The van der Waals surface area contributed by atoms with Crippen LogP contribution in [0.4, 0.5) is 5.82 Å². The second-order valence-electron chi connectivity index (χ2n) is 5.18. The first-order valence-electron chi connectivity index (χ1n) is 5.75. The number of aromatic nitrogens is 3. The SMILES string of the molecule is CC(C)(C)c1nc(-c2ncccc2Br)nc(N)c1I. The molecule has 4 nitrogen and oxygen atoms in total. The second kappa shape index (κ2) is 5.32. The van der Waals surface area contributed by atoms with Gasteiger partial charge in [-0.25, -0.2) is 9.97 Å². The Hall–Kier alpha value is -0.760. The standard InChI is InChI=1S/C13H14BrIN4/c1-13(2,3)10-8(15)11(16)19-12(18-10)9-7(14)5-4-6-17-9/h4-6H,1-3H3,(H2,16,18,19). The topological polar surface area (TPSA) is 64.7 Å². The van der Waals surface area contributed by atoms with E-state index in [4.69, 9.17) is 5.73 Å². The van der Waals surface area contributed by atoms with Gasteiger partial charge in [0.25, 0.3) is 0 Å². The molecule has 0 amide bonds. The molecule has 0 fully saturated rings. The average Bonchev–Trinajstić information content (AvgIpc) is 2.31. The number of nitrogens with two attached hydrogens (primary N) is 1. The van der Waals surface area contributed by atoms with E-state index in [-0.39, 0.29) is 5.41 Å². The van der Waals surface area contributed by atoms with Crippen LogP contribution in [-0.4, -0.2) is 15.0 Å². The van der Waals surface area contributed by atoms with Gasteiger partial charge in [0.1, 0.15) is 11.5 Å². The molecule has 2 aromatic rings. The minimum absolute atomic E-state index is 0.0937. The third-order valence-corrected chi connectivity index (χ3v) is 4.26. The molecule has 2 heterocycles. The number of rotatable bonds is 1. The molecule has 2 rings (SSSR count). The zero-order valence-corrected chi connectivity index (χ0v) is 14.7. The molecular formula is C13H14BrIN4. The van der Waals surface area contributed by atoms with Gasteiger partial charge in [-0.05, 0) is 50.7 Å². The van der Waals surface area contributed by atoms with Gasteiger partial charge in [-0.2, -0.15) is 0 Å². The quantitative estimate of drug-likeness (QED) is 0.696. The van der Waals surface area contributed by atoms with Crippen LogP contribution in [-0.2, 0) is 5.41 Å². The number of nitrogen functional groups attached to an aromatic ring is 1. The van der Waals surface area contributed by atoms with Crippen molar-refractivity contribution < 1.29 is 0 Å². The summed E-state index contributed by atoms with van der Waals surface area (Å²) in [5.74, 6) is 1.04. The van der Waals surface area contributed by atoms with Crippen LogP contribution in [0.1, 0.15) is 26.5 Å². The molecule has 2 aromatic heterocycles. The first-order valence-corrected chi connectivity index (χ1v) is 7.62. The second-order valence-corrected chi connectivity index (χ2v) is 7.11. The van der Waals surface area contributed by atoms with E-state index in [9.17, 15) is 0 Å². The predicted octanol–water partition coefficient (Wildman–Crippen LogP) is 3.79. The third-order valence-electron chi connectivity index (χ3n) is 2.56. The van der Waals surface area contributed by atoms with Gasteiger partial charge < -0.3 is 5.73 Å². The minimum atomic E-state index is -0.0937. The van der Waals surface area contributed by atoms with Crippen LogP contribution >= 0.6 is 38.5 Å². The van der Waals surface area contributed by atoms with Crippen LogP contribution in [0.2, 0.25) is 0 Å². The minimum Gasteiger partial charge on any atom is -0.383 e. The van der Waals surface area contributed by atoms with Crippen molar-refractivity contribution in [2.45, 2.75) is 26.2 Å². The van der Waals surface area contributed by atoms with E-state index in [1.54, 1.807) is 6.20 Å². The van der Waals surface area contributed by atoms with Gasteiger partial charge in [-0.1, -0.05) is 20.8 Å². The monoisotopic (exact) mass is 432 g/mol. The highest BCUT2D eigenvalue weighted by atomic mass is 127. The molecule has 6 heteroatoms. The Morgan fingerprint density at radius 3 is 2.53 bits per heavy atom. The number of nitrogens with zero attached hydrogens (tertiary/aromatic N) is 3. The van der Waals surface area contributed by atoms with Crippen molar-refractivity contribution in [2.75, 3.05) is 5.73 Å². The normalized spacial score (nSPS) is 11.6. The summed E-state index contributed by atoms with van der Waals surface area (Å²) in [5.41, 5.74) is 7.55. The molecule has 100 valence electrons. The highest BCUT2D eigenvalue weighted by Crippen LogP contribution is 2.31. The Bertz CT molecular complexity index is 623. The fourth-order valence-corrected chi connectivity index (χ4v) is 3.10. The molecule has 0 saturated carbocycles. The number of pyridine rings is 1. The van der Waals surface area contributed by atoms with E-state index in [0.717, 1.165) is 13.7 Å². The number of halogens is 2. The molecule has 0 bridgehead atoms. The Morgan fingerprint density at radius 1 is 1.26 bits per heavy atom. The van der Waals surface area contributed by atoms with E-state index in [1.165, 1.54) is 0 Å². The fourth-order valence-electron chi connectivity index (χ4n) is 1.62. The summed E-state index contributed by atoms with van der Waals surface area (Å²) < 4.78 is 1.76. The van der Waals surface area contributed by atoms with Crippen LogP contribution in [0.25, 0.3) is 11.5 Å². The van der Waals surface area contributed by atoms with Crippen LogP contribution in [0, 0.1) is 3.57 Å². The maximum Gasteiger partial charge on any atom is 0.181 e.